The second-order valence-electron chi connectivity index (χ2n) is 7.61. The second-order valence-corrected chi connectivity index (χ2v) is 7.61. The van der Waals surface area contributed by atoms with Crippen LogP contribution in [-0.4, -0.2) is 41.6 Å². The van der Waals surface area contributed by atoms with Gasteiger partial charge in [-0.25, -0.2) is 4.79 Å². The van der Waals surface area contributed by atoms with Gasteiger partial charge in [-0.3, -0.25) is 4.79 Å². The Morgan fingerprint density at radius 3 is 2.57 bits per heavy atom. The van der Waals surface area contributed by atoms with E-state index in [0.717, 1.165) is 12.8 Å². The van der Waals surface area contributed by atoms with Gasteiger partial charge in [-0.15, -0.1) is 0 Å². The fourth-order valence-electron chi connectivity index (χ4n) is 4.60. The van der Waals surface area contributed by atoms with Gasteiger partial charge in [-0.2, -0.15) is 0 Å². The maximum atomic E-state index is 12.4. The van der Waals surface area contributed by atoms with Crippen molar-refractivity contribution in [2.45, 2.75) is 51.9 Å². The lowest BCUT2D eigenvalue weighted by Gasteiger charge is -2.27. The van der Waals surface area contributed by atoms with E-state index >= 15 is 0 Å². The number of hydrogen-bond acceptors (Lipinski definition) is 2. The number of urea groups is 1. The van der Waals surface area contributed by atoms with Crippen LogP contribution in [0.4, 0.5) is 4.79 Å². The average Bonchev–Trinajstić information content (AvgIpc) is 3.09. The molecule has 0 unspecified atom stereocenters. The van der Waals surface area contributed by atoms with Gasteiger partial charge in [0, 0.05) is 19.6 Å². The van der Waals surface area contributed by atoms with Crippen molar-refractivity contribution < 1.29 is 14.7 Å². The van der Waals surface area contributed by atoms with Crippen molar-refractivity contribution in [3.05, 3.63) is 0 Å². The standard InChI is InChI=1S/C16H26N2O3/c1-15(6-2-3-7-15)10-17-14(21)18-9-12-5-4-8-16(12,11-18)13(19)20/h12H,2-11H2,1H3,(H,17,21)(H,19,20)/t12-,16+/m0/s1. The highest BCUT2D eigenvalue weighted by atomic mass is 16.4. The topological polar surface area (TPSA) is 69.6 Å². The maximum Gasteiger partial charge on any atom is 0.317 e. The first-order chi connectivity index (χ1) is 9.95. The zero-order valence-electron chi connectivity index (χ0n) is 12.9. The van der Waals surface area contributed by atoms with E-state index in [2.05, 4.69) is 12.2 Å². The molecule has 0 radical (unpaired) electrons. The van der Waals surface area contributed by atoms with E-state index in [1.807, 2.05) is 0 Å². The number of carboxylic acid groups (broad SMARTS) is 1. The molecule has 118 valence electrons. The van der Waals surface area contributed by atoms with Crippen LogP contribution >= 0.6 is 0 Å². The molecule has 1 aliphatic heterocycles. The van der Waals surface area contributed by atoms with Crippen molar-refractivity contribution in [3.8, 4) is 0 Å². The van der Waals surface area contributed by atoms with Crippen molar-refractivity contribution in [2.24, 2.45) is 16.7 Å². The predicted octanol–water partition coefficient (Wildman–Crippen LogP) is 2.46. The number of nitrogens with one attached hydrogen (secondary N) is 1. The van der Waals surface area contributed by atoms with Gasteiger partial charge in [0.2, 0.25) is 0 Å². The summed E-state index contributed by atoms with van der Waals surface area (Å²) in [4.78, 5) is 25.7. The molecule has 3 fully saturated rings. The monoisotopic (exact) mass is 294 g/mol. The Hall–Kier alpha value is -1.26. The molecule has 2 saturated carbocycles. The Labute approximate surface area is 126 Å². The van der Waals surface area contributed by atoms with Crippen LogP contribution in [0.25, 0.3) is 0 Å². The van der Waals surface area contributed by atoms with Gasteiger partial charge in [-0.1, -0.05) is 26.2 Å². The Morgan fingerprint density at radius 1 is 1.24 bits per heavy atom. The summed E-state index contributed by atoms with van der Waals surface area (Å²) < 4.78 is 0. The summed E-state index contributed by atoms with van der Waals surface area (Å²) in [5, 5.41) is 12.6. The average molecular weight is 294 g/mol. The van der Waals surface area contributed by atoms with Gasteiger partial charge in [0.05, 0.1) is 5.41 Å². The van der Waals surface area contributed by atoms with Crippen LogP contribution in [0.5, 0.6) is 0 Å². The highest BCUT2D eigenvalue weighted by molar-refractivity contribution is 5.80. The van der Waals surface area contributed by atoms with E-state index in [1.165, 1.54) is 25.7 Å². The van der Waals surface area contributed by atoms with Crippen molar-refractivity contribution in [2.75, 3.05) is 19.6 Å². The first kappa shape index (κ1) is 14.7. The molecule has 0 aromatic rings. The van der Waals surface area contributed by atoms with Gasteiger partial charge in [-0.05, 0) is 37.0 Å². The molecular formula is C16H26N2O3. The Bertz CT molecular complexity index is 445. The third-order valence-corrected chi connectivity index (χ3v) is 6.06. The number of aliphatic carboxylic acids is 1. The summed E-state index contributed by atoms with van der Waals surface area (Å²) in [6.45, 7) is 3.94. The summed E-state index contributed by atoms with van der Waals surface area (Å²) in [5.41, 5.74) is -0.440. The maximum absolute atomic E-state index is 12.4. The van der Waals surface area contributed by atoms with Crippen LogP contribution in [0.1, 0.15) is 51.9 Å². The number of likely N-dealkylation sites (tertiary alicyclic amines) is 1. The molecule has 2 aliphatic carbocycles. The third kappa shape index (κ3) is 2.51. The normalized spacial score (nSPS) is 34.0. The number of carboxylic acids is 1. The van der Waals surface area contributed by atoms with Crippen LogP contribution in [0, 0.1) is 16.7 Å². The van der Waals surface area contributed by atoms with Crippen molar-refractivity contribution in [3.63, 3.8) is 0 Å². The lowest BCUT2D eigenvalue weighted by atomic mass is 9.81. The molecule has 0 spiro atoms. The van der Waals surface area contributed by atoms with E-state index in [4.69, 9.17) is 0 Å². The summed E-state index contributed by atoms with van der Waals surface area (Å²) in [7, 11) is 0. The van der Waals surface area contributed by atoms with Gasteiger partial charge in [0.15, 0.2) is 0 Å². The van der Waals surface area contributed by atoms with Crippen molar-refractivity contribution in [1.29, 1.82) is 0 Å². The summed E-state index contributed by atoms with van der Waals surface area (Å²) in [6.07, 6.45) is 7.48. The van der Waals surface area contributed by atoms with E-state index in [-0.39, 0.29) is 17.4 Å². The highest BCUT2D eigenvalue weighted by Gasteiger charge is 2.55. The smallest absolute Gasteiger partial charge is 0.317 e. The molecule has 0 aromatic heterocycles. The van der Waals surface area contributed by atoms with Gasteiger partial charge < -0.3 is 15.3 Å². The Morgan fingerprint density at radius 2 is 1.95 bits per heavy atom. The molecule has 1 heterocycles. The number of fused-ring (bicyclic) bond motifs is 1. The van der Waals surface area contributed by atoms with Crippen LogP contribution in [0.2, 0.25) is 0 Å². The largest absolute Gasteiger partial charge is 0.481 e. The summed E-state index contributed by atoms with van der Waals surface area (Å²) in [6, 6.07) is -0.0712. The minimum atomic E-state index is -0.719. The molecular weight excluding hydrogens is 268 g/mol. The SMILES string of the molecule is CC1(CNC(=O)N2C[C@@H]3CCC[C@@]3(C(=O)O)C2)CCCC1. The molecule has 3 aliphatic rings. The van der Waals surface area contributed by atoms with E-state index in [9.17, 15) is 14.7 Å². The third-order valence-electron chi connectivity index (χ3n) is 6.06. The lowest BCUT2D eigenvalue weighted by molar-refractivity contribution is -0.149. The Balaban J connectivity index is 1.58. The van der Waals surface area contributed by atoms with Crippen molar-refractivity contribution in [1.82, 2.24) is 10.2 Å². The molecule has 3 rings (SSSR count). The first-order valence-electron chi connectivity index (χ1n) is 8.21. The zero-order chi connectivity index (χ0) is 15.1. The first-order valence-corrected chi connectivity index (χ1v) is 8.21. The highest BCUT2D eigenvalue weighted by Crippen LogP contribution is 2.48. The number of carbonyl (C=O) groups is 2. The Kier molecular flexibility index (Phi) is 3.62. The number of rotatable bonds is 3. The second kappa shape index (κ2) is 5.18. The van der Waals surface area contributed by atoms with Crippen molar-refractivity contribution >= 4 is 12.0 Å². The summed E-state index contributed by atoms with van der Waals surface area (Å²) >= 11 is 0. The van der Waals surface area contributed by atoms with Crippen LogP contribution in [0.3, 0.4) is 0 Å². The van der Waals surface area contributed by atoms with Gasteiger partial charge in [0.25, 0.3) is 0 Å². The molecule has 0 aromatic carbocycles. The van der Waals surface area contributed by atoms with Crippen LogP contribution in [0.15, 0.2) is 0 Å². The van der Waals surface area contributed by atoms with E-state index < -0.39 is 11.4 Å². The van der Waals surface area contributed by atoms with E-state index in [0.29, 0.717) is 26.1 Å². The van der Waals surface area contributed by atoms with E-state index in [1.54, 1.807) is 4.90 Å². The predicted molar refractivity (Wildman–Crippen MR) is 79.0 cm³/mol. The van der Waals surface area contributed by atoms with Crippen LogP contribution in [-0.2, 0) is 4.79 Å². The summed E-state index contributed by atoms with van der Waals surface area (Å²) in [5.74, 6) is -0.578. The van der Waals surface area contributed by atoms with Crippen LogP contribution < -0.4 is 5.32 Å². The minimum absolute atomic E-state index is 0.0712. The number of hydrogen-bond donors (Lipinski definition) is 2. The molecule has 0 bridgehead atoms. The molecule has 5 nitrogen and oxygen atoms in total. The number of amides is 2. The fraction of sp³-hybridized carbons (Fsp3) is 0.875. The number of carbonyl (C=O) groups excluding carboxylic acids is 1. The zero-order valence-corrected chi connectivity index (χ0v) is 12.9. The molecule has 2 amide bonds. The molecule has 1 saturated heterocycles. The molecule has 5 heteroatoms. The quantitative estimate of drug-likeness (QED) is 0.840. The minimum Gasteiger partial charge on any atom is -0.481 e. The van der Waals surface area contributed by atoms with Gasteiger partial charge >= 0.3 is 12.0 Å². The number of nitrogens with zero attached hydrogens (tertiary/aromatic N) is 1. The molecule has 2 atom stereocenters. The fourth-order valence-corrected chi connectivity index (χ4v) is 4.60. The molecule has 2 N–H and O–H groups in total. The lowest BCUT2D eigenvalue weighted by Crippen LogP contribution is -2.44. The van der Waals surface area contributed by atoms with Gasteiger partial charge in [0.1, 0.15) is 0 Å². The molecule has 21 heavy (non-hydrogen) atoms.